The lowest BCUT2D eigenvalue weighted by Gasteiger charge is -2.21. The van der Waals surface area contributed by atoms with Gasteiger partial charge in [-0.3, -0.25) is 0 Å². The Balaban J connectivity index is 1.87. The van der Waals surface area contributed by atoms with Crippen LogP contribution in [0.3, 0.4) is 0 Å². The van der Waals surface area contributed by atoms with Gasteiger partial charge in [0.1, 0.15) is 0 Å². The van der Waals surface area contributed by atoms with E-state index in [9.17, 15) is 13.5 Å². The highest BCUT2D eigenvalue weighted by molar-refractivity contribution is 7.87. The van der Waals surface area contributed by atoms with Crippen molar-refractivity contribution >= 4 is 33.1 Å². The molecule has 3 heterocycles. The molecule has 1 saturated heterocycles. The van der Waals surface area contributed by atoms with Crippen LogP contribution < -0.4 is 15.4 Å². The van der Waals surface area contributed by atoms with Crippen LogP contribution in [0, 0.1) is 0 Å². The maximum absolute atomic E-state index is 12.3. The lowest BCUT2D eigenvalue weighted by molar-refractivity contribution is 0.169. The Kier molecular flexibility index (Phi) is 7.11. The van der Waals surface area contributed by atoms with Gasteiger partial charge >= 0.3 is 0 Å². The molecule has 2 aromatic rings. The summed E-state index contributed by atoms with van der Waals surface area (Å²) in [7, 11) is -3.46. The van der Waals surface area contributed by atoms with E-state index < -0.39 is 16.3 Å². The first kappa shape index (κ1) is 22.7. The van der Waals surface area contributed by atoms with Crippen molar-refractivity contribution in [3.05, 3.63) is 6.33 Å². The van der Waals surface area contributed by atoms with Crippen LogP contribution in [-0.4, -0.2) is 75.2 Å². The number of hydrogen-bond acceptors (Lipinski definition) is 8. The predicted molar refractivity (Wildman–Crippen MR) is 117 cm³/mol. The second kappa shape index (κ2) is 9.41. The summed E-state index contributed by atoms with van der Waals surface area (Å²) in [6.07, 6.45) is 2.55. The molecule has 0 amide bonds. The smallest absolute Gasteiger partial charge is 0.279 e. The first-order chi connectivity index (χ1) is 14.3. The van der Waals surface area contributed by atoms with Gasteiger partial charge in [-0.1, -0.05) is 13.8 Å². The summed E-state index contributed by atoms with van der Waals surface area (Å²) >= 11 is 0. The molecule has 0 spiro atoms. The van der Waals surface area contributed by atoms with E-state index in [-0.39, 0.29) is 12.1 Å². The topological polar surface area (TPSA) is 137 Å². The molecular formula is C18H32N8O3S. The Hall–Kier alpha value is -2.02. The Morgan fingerprint density at radius 1 is 1.30 bits per heavy atom. The number of aliphatic hydroxyl groups excluding tert-OH is 1. The van der Waals surface area contributed by atoms with Crippen LogP contribution in [0.25, 0.3) is 11.2 Å². The van der Waals surface area contributed by atoms with Gasteiger partial charge in [0.05, 0.1) is 18.5 Å². The van der Waals surface area contributed by atoms with Crippen molar-refractivity contribution < 1.29 is 13.5 Å². The predicted octanol–water partition coefficient (Wildman–Crippen LogP) is 0.758. The van der Waals surface area contributed by atoms with E-state index in [1.165, 1.54) is 4.31 Å². The number of hydrogen-bond donors (Lipinski definition) is 4. The minimum atomic E-state index is -3.46. The number of anilines is 2. The summed E-state index contributed by atoms with van der Waals surface area (Å²) in [5.74, 6) is 0.964. The van der Waals surface area contributed by atoms with Crippen molar-refractivity contribution in [1.29, 1.82) is 0 Å². The Labute approximate surface area is 177 Å². The highest BCUT2D eigenvalue weighted by Gasteiger charge is 2.31. The van der Waals surface area contributed by atoms with Gasteiger partial charge in [-0.05, 0) is 26.7 Å². The molecular weight excluding hydrogens is 408 g/mol. The van der Waals surface area contributed by atoms with E-state index in [4.69, 9.17) is 0 Å². The largest absolute Gasteiger partial charge is 0.391 e. The van der Waals surface area contributed by atoms with E-state index >= 15 is 0 Å². The fraction of sp³-hybridized carbons (Fsp3) is 0.722. The van der Waals surface area contributed by atoms with Crippen LogP contribution in [-0.2, 0) is 16.8 Å². The standard InChI is InChI=1S/C18H32N8O3S/c1-5-14(12(4)27)22-18-23-16(15-17(24-18)25(7-3)11-19-15)21-13-8-9-26(10-13)30(28,29)20-6-2/h11-14,20,27H,5-10H2,1-4H3,(H2,21,22,23,24)/t12-,13?,14+/m1/s1. The monoisotopic (exact) mass is 440 g/mol. The molecule has 1 aliphatic rings. The lowest BCUT2D eigenvalue weighted by atomic mass is 10.1. The van der Waals surface area contributed by atoms with Crippen molar-refractivity contribution in [3.8, 4) is 0 Å². The minimum Gasteiger partial charge on any atom is -0.391 e. The third kappa shape index (κ3) is 4.82. The normalized spacial score (nSPS) is 19.8. The number of fused-ring (bicyclic) bond motifs is 1. The van der Waals surface area contributed by atoms with Gasteiger partial charge in [-0.2, -0.15) is 22.7 Å². The van der Waals surface area contributed by atoms with Crippen LogP contribution in [0.4, 0.5) is 11.8 Å². The van der Waals surface area contributed by atoms with Gasteiger partial charge in [0, 0.05) is 32.2 Å². The van der Waals surface area contributed by atoms with Gasteiger partial charge < -0.3 is 20.3 Å². The summed E-state index contributed by atoms with van der Waals surface area (Å²) in [4.78, 5) is 13.7. The molecule has 11 nitrogen and oxygen atoms in total. The average molecular weight is 441 g/mol. The van der Waals surface area contributed by atoms with Crippen LogP contribution >= 0.6 is 0 Å². The van der Waals surface area contributed by atoms with Crippen LogP contribution in [0.1, 0.15) is 40.5 Å². The molecule has 3 atom stereocenters. The van der Waals surface area contributed by atoms with E-state index in [1.54, 1.807) is 20.2 Å². The van der Waals surface area contributed by atoms with Gasteiger partial charge in [-0.15, -0.1) is 0 Å². The molecule has 168 valence electrons. The Morgan fingerprint density at radius 3 is 2.70 bits per heavy atom. The molecule has 1 aliphatic heterocycles. The van der Waals surface area contributed by atoms with Crippen molar-refractivity contribution in [2.45, 2.75) is 65.3 Å². The molecule has 3 rings (SSSR count). The van der Waals surface area contributed by atoms with Crippen molar-refractivity contribution in [2.24, 2.45) is 0 Å². The second-order valence-electron chi connectivity index (χ2n) is 7.49. The number of rotatable bonds is 10. The molecule has 0 bridgehead atoms. The Bertz CT molecular complexity index is 962. The highest BCUT2D eigenvalue weighted by atomic mass is 32.2. The first-order valence-electron chi connectivity index (χ1n) is 10.5. The number of imidazole rings is 1. The summed E-state index contributed by atoms with van der Waals surface area (Å²) in [5, 5.41) is 16.5. The molecule has 12 heteroatoms. The fourth-order valence-corrected chi connectivity index (χ4v) is 4.87. The number of aliphatic hydroxyl groups is 1. The average Bonchev–Trinajstić information content (AvgIpc) is 3.33. The third-order valence-electron chi connectivity index (χ3n) is 5.30. The lowest BCUT2D eigenvalue weighted by Crippen LogP contribution is -2.40. The number of aryl methyl sites for hydroxylation is 1. The number of aromatic nitrogens is 4. The van der Waals surface area contributed by atoms with Crippen LogP contribution in [0.15, 0.2) is 6.33 Å². The molecule has 0 aliphatic carbocycles. The molecule has 0 saturated carbocycles. The summed E-state index contributed by atoms with van der Waals surface area (Å²) in [6, 6.07) is -0.268. The van der Waals surface area contributed by atoms with E-state index in [2.05, 4.69) is 30.3 Å². The molecule has 0 aromatic carbocycles. The molecule has 0 radical (unpaired) electrons. The van der Waals surface area contributed by atoms with Gasteiger partial charge in [0.25, 0.3) is 10.2 Å². The quantitative estimate of drug-likeness (QED) is 0.425. The summed E-state index contributed by atoms with van der Waals surface area (Å²) in [6.45, 7) is 9.33. The SMILES string of the molecule is CCNS(=O)(=O)N1CCC(Nc2nc(N[C@@H](CC)[C@@H](C)O)nc3c2ncn3CC)C1. The van der Waals surface area contributed by atoms with Crippen molar-refractivity contribution in [2.75, 3.05) is 30.3 Å². The Morgan fingerprint density at radius 2 is 2.07 bits per heavy atom. The van der Waals surface area contributed by atoms with Gasteiger partial charge in [0.2, 0.25) is 5.95 Å². The summed E-state index contributed by atoms with van der Waals surface area (Å²) in [5.41, 5.74) is 1.33. The zero-order valence-electron chi connectivity index (χ0n) is 18.0. The zero-order chi connectivity index (χ0) is 21.9. The van der Waals surface area contributed by atoms with Crippen LogP contribution in [0.2, 0.25) is 0 Å². The van der Waals surface area contributed by atoms with Crippen LogP contribution in [0.5, 0.6) is 0 Å². The van der Waals surface area contributed by atoms with Gasteiger partial charge in [-0.25, -0.2) is 9.71 Å². The number of nitrogens with one attached hydrogen (secondary N) is 3. The van der Waals surface area contributed by atoms with E-state index in [1.807, 2.05) is 18.4 Å². The molecule has 4 N–H and O–H groups in total. The van der Waals surface area contributed by atoms with Crippen molar-refractivity contribution in [3.63, 3.8) is 0 Å². The molecule has 30 heavy (non-hydrogen) atoms. The third-order valence-corrected chi connectivity index (χ3v) is 6.96. The van der Waals surface area contributed by atoms with E-state index in [0.717, 1.165) is 6.42 Å². The fourth-order valence-electron chi connectivity index (χ4n) is 3.60. The number of nitrogens with zero attached hydrogens (tertiary/aromatic N) is 5. The zero-order valence-corrected chi connectivity index (χ0v) is 18.8. The van der Waals surface area contributed by atoms with Crippen molar-refractivity contribution in [1.82, 2.24) is 28.5 Å². The maximum Gasteiger partial charge on any atom is 0.279 e. The van der Waals surface area contributed by atoms with Gasteiger partial charge in [0.15, 0.2) is 17.0 Å². The molecule has 1 fully saturated rings. The first-order valence-corrected chi connectivity index (χ1v) is 11.9. The molecule has 2 aromatic heterocycles. The molecule has 1 unspecified atom stereocenters. The van der Waals surface area contributed by atoms with E-state index in [0.29, 0.717) is 55.5 Å². The second-order valence-corrected chi connectivity index (χ2v) is 9.24. The maximum atomic E-state index is 12.3. The summed E-state index contributed by atoms with van der Waals surface area (Å²) < 4.78 is 30.4. The minimum absolute atomic E-state index is 0.0881. The highest BCUT2D eigenvalue weighted by Crippen LogP contribution is 2.25.